The lowest BCUT2D eigenvalue weighted by molar-refractivity contribution is -0.121. The zero-order valence-electron chi connectivity index (χ0n) is 15.5. The van der Waals surface area contributed by atoms with Gasteiger partial charge in [0.25, 0.3) is 5.91 Å². The van der Waals surface area contributed by atoms with Crippen molar-refractivity contribution in [2.45, 2.75) is 18.0 Å². The minimum absolute atomic E-state index is 0.0531. The SMILES string of the molecule is Cc1oc(-c2ccccc2)nc1C(=O)Nc1ccc(S(=O)(=O)NCC(F)(F)F)cc1. The van der Waals surface area contributed by atoms with Gasteiger partial charge < -0.3 is 9.73 Å². The summed E-state index contributed by atoms with van der Waals surface area (Å²) in [6.45, 7) is -0.0979. The molecule has 1 amide bonds. The molecule has 0 radical (unpaired) electrons. The van der Waals surface area contributed by atoms with Gasteiger partial charge in [0.1, 0.15) is 12.3 Å². The first-order valence-corrected chi connectivity index (χ1v) is 10.0. The summed E-state index contributed by atoms with van der Waals surface area (Å²) in [4.78, 5) is 16.3. The molecule has 0 unspecified atom stereocenters. The second kappa shape index (κ2) is 8.28. The van der Waals surface area contributed by atoms with E-state index in [1.165, 1.54) is 16.9 Å². The van der Waals surface area contributed by atoms with Crippen LogP contribution in [0.1, 0.15) is 16.2 Å². The zero-order valence-corrected chi connectivity index (χ0v) is 16.3. The van der Waals surface area contributed by atoms with Crippen molar-refractivity contribution in [3.8, 4) is 11.5 Å². The third-order valence-electron chi connectivity index (χ3n) is 3.92. The molecule has 7 nitrogen and oxygen atoms in total. The molecule has 11 heteroatoms. The van der Waals surface area contributed by atoms with E-state index in [-0.39, 0.29) is 22.2 Å². The van der Waals surface area contributed by atoms with Crippen molar-refractivity contribution in [3.05, 3.63) is 66.1 Å². The van der Waals surface area contributed by atoms with Gasteiger partial charge in [-0.05, 0) is 43.3 Å². The molecular formula is C19H16F3N3O4S. The lowest BCUT2D eigenvalue weighted by atomic mass is 10.2. The predicted octanol–water partition coefficient (Wildman–Crippen LogP) is 3.74. The molecule has 158 valence electrons. The van der Waals surface area contributed by atoms with E-state index in [4.69, 9.17) is 4.42 Å². The Morgan fingerprint density at radius 1 is 1.07 bits per heavy atom. The number of oxazole rings is 1. The Kier molecular flexibility index (Phi) is 5.94. The smallest absolute Gasteiger partial charge is 0.402 e. The van der Waals surface area contributed by atoms with Crippen molar-refractivity contribution in [2.75, 3.05) is 11.9 Å². The number of carbonyl (C=O) groups excluding carboxylic acids is 1. The van der Waals surface area contributed by atoms with Gasteiger partial charge in [-0.1, -0.05) is 18.2 Å². The number of amides is 1. The molecule has 0 aliphatic carbocycles. The molecule has 3 rings (SSSR count). The third kappa shape index (κ3) is 5.24. The van der Waals surface area contributed by atoms with Gasteiger partial charge in [0.15, 0.2) is 5.69 Å². The number of nitrogens with one attached hydrogen (secondary N) is 2. The molecule has 0 atom stereocenters. The number of hydrogen-bond acceptors (Lipinski definition) is 5. The standard InChI is InChI=1S/C19H16F3N3O4S/c1-12-16(25-18(29-12)13-5-3-2-4-6-13)17(26)24-14-7-9-15(10-8-14)30(27,28)23-11-19(20,21)22/h2-10,23H,11H2,1H3,(H,24,26). The van der Waals surface area contributed by atoms with Gasteiger partial charge in [0, 0.05) is 11.3 Å². The second-order valence-corrected chi connectivity index (χ2v) is 7.98. The first kappa shape index (κ1) is 21.5. The molecule has 1 heterocycles. The van der Waals surface area contributed by atoms with Crippen LogP contribution in [-0.4, -0.2) is 32.0 Å². The molecule has 0 saturated heterocycles. The summed E-state index contributed by atoms with van der Waals surface area (Å²) in [6, 6.07) is 13.7. The van der Waals surface area contributed by atoms with Crippen LogP contribution in [0.3, 0.4) is 0 Å². The van der Waals surface area contributed by atoms with Crippen molar-refractivity contribution in [2.24, 2.45) is 0 Å². The lowest BCUT2D eigenvalue weighted by Gasteiger charge is -2.10. The van der Waals surface area contributed by atoms with Gasteiger partial charge in [0.2, 0.25) is 15.9 Å². The molecule has 2 N–H and O–H groups in total. The van der Waals surface area contributed by atoms with Gasteiger partial charge in [-0.3, -0.25) is 4.79 Å². The first-order chi connectivity index (χ1) is 14.0. The molecule has 0 saturated carbocycles. The quantitative estimate of drug-likeness (QED) is 0.609. The highest BCUT2D eigenvalue weighted by molar-refractivity contribution is 7.89. The fourth-order valence-corrected chi connectivity index (χ4v) is 3.49. The Labute approximate surface area is 170 Å². The van der Waals surface area contributed by atoms with Crippen LogP contribution in [0.4, 0.5) is 18.9 Å². The number of alkyl halides is 3. The van der Waals surface area contributed by atoms with E-state index < -0.39 is 28.7 Å². The number of benzene rings is 2. The van der Waals surface area contributed by atoms with Gasteiger partial charge in [0.05, 0.1) is 4.90 Å². The Bertz CT molecular complexity index is 1140. The molecule has 0 bridgehead atoms. The molecule has 30 heavy (non-hydrogen) atoms. The fraction of sp³-hybridized carbons (Fsp3) is 0.158. The maximum absolute atomic E-state index is 12.5. The molecule has 3 aromatic rings. The summed E-state index contributed by atoms with van der Waals surface area (Å²) in [5.74, 6) is -0.0124. The van der Waals surface area contributed by atoms with Crippen LogP contribution in [0.5, 0.6) is 0 Å². The summed E-state index contributed by atoms with van der Waals surface area (Å²) in [6.07, 6.45) is -4.67. The number of rotatable bonds is 6. The van der Waals surface area contributed by atoms with E-state index >= 15 is 0 Å². The predicted molar refractivity (Wildman–Crippen MR) is 102 cm³/mol. The molecule has 2 aromatic carbocycles. The lowest BCUT2D eigenvalue weighted by Crippen LogP contribution is -2.33. The molecule has 0 fully saturated rings. The summed E-state index contributed by atoms with van der Waals surface area (Å²) < 4.78 is 67.5. The molecular weight excluding hydrogens is 423 g/mol. The minimum atomic E-state index is -4.67. The minimum Gasteiger partial charge on any atom is -0.441 e. The fourth-order valence-electron chi connectivity index (χ4n) is 2.48. The van der Waals surface area contributed by atoms with Crippen LogP contribution in [0.15, 0.2) is 63.9 Å². The molecule has 1 aromatic heterocycles. The highest BCUT2D eigenvalue weighted by Crippen LogP contribution is 2.23. The Balaban J connectivity index is 1.72. The molecule has 0 aliphatic heterocycles. The number of hydrogen-bond donors (Lipinski definition) is 2. The largest absolute Gasteiger partial charge is 0.441 e. The van der Waals surface area contributed by atoms with E-state index in [1.54, 1.807) is 31.2 Å². The monoisotopic (exact) mass is 439 g/mol. The summed E-state index contributed by atoms with van der Waals surface area (Å²) in [5.41, 5.74) is 0.983. The zero-order chi connectivity index (χ0) is 21.9. The van der Waals surface area contributed by atoms with Crippen LogP contribution in [0.25, 0.3) is 11.5 Å². The second-order valence-electron chi connectivity index (χ2n) is 6.21. The maximum Gasteiger partial charge on any atom is 0.402 e. The summed E-state index contributed by atoms with van der Waals surface area (Å²) in [7, 11) is -4.33. The number of aromatic nitrogens is 1. The third-order valence-corrected chi connectivity index (χ3v) is 5.33. The molecule has 0 spiro atoms. The van der Waals surface area contributed by atoms with Gasteiger partial charge >= 0.3 is 6.18 Å². The number of aryl methyl sites for hydroxylation is 1. The number of carbonyl (C=O) groups is 1. The van der Waals surface area contributed by atoms with Crippen molar-refractivity contribution < 1.29 is 30.8 Å². The summed E-state index contributed by atoms with van der Waals surface area (Å²) in [5, 5.41) is 2.54. The number of halogens is 3. The van der Waals surface area contributed by atoms with E-state index in [2.05, 4.69) is 10.3 Å². The average Bonchev–Trinajstić information content (AvgIpc) is 3.09. The van der Waals surface area contributed by atoms with Crippen LogP contribution in [0.2, 0.25) is 0 Å². The number of anilines is 1. The van der Waals surface area contributed by atoms with Crippen molar-refractivity contribution in [3.63, 3.8) is 0 Å². The van der Waals surface area contributed by atoms with E-state index in [9.17, 15) is 26.4 Å². The molecule has 0 aliphatic rings. The van der Waals surface area contributed by atoms with Crippen LogP contribution >= 0.6 is 0 Å². The van der Waals surface area contributed by atoms with Gasteiger partial charge in [-0.2, -0.15) is 13.2 Å². The highest BCUT2D eigenvalue weighted by atomic mass is 32.2. The van der Waals surface area contributed by atoms with Crippen molar-refractivity contribution in [1.82, 2.24) is 9.71 Å². The topological polar surface area (TPSA) is 101 Å². The Morgan fingerprint density at radius 3 is 2.30 bits per heavy atom. The van der Waals surface area contributed by atoms with E-state index in [0.29, 0.717) is 11.3 Å². The normalized spacial score (nSPS) is 12.0. The summed E-state index contributed by atoms with van der Waals surface area (Å²) >= 11 is 0. The first-order valence-electron chi connectivity index (χ1n) is 8.56. The number of sulfonamides is 1. The highest BCUT2D eigenvalue weighted by Gasteiger charge is 2.30. The van der Waals surface area contributed by atoms with Crippen LogP contribution in [0, 0.1) is 6.92 Å². The van der Waals surface area contributed by atoms with Crippen LogP contribution in [-0.2, 0) is 10.0 Å². The van der Waals surface area contributed by atoms with E-state index in [0.717, 1.165) is 12.1 Å². The van der Waals surface area contributed by atoms with Gasteiger partial charge in [-0.15, -0.1) is 0 Å². The van der Waals surface area contributed by atoms with E-state index in [1.807, 2.05) is 6.07 Å². The Morgan fingerprint density at radius 2 is 1.70 bits per heavy atom. The van der Waals surface area contributed by atoms with Crippen molar-refractivity contribution >= 4 is 21.6 Å². The average molecular weight is 439 g/mol. The van der Waals surface area contributed by atoms with Crippen LogP contribution < -0.4 is 10.0 Å². The van der Waals surface area contributed by atoms with Crippen molar-refractivity contribution in [1.29, 1.82) is 0 Å². The Hall–Kier alpha value is -3.18. The maximum atomic E-state index is 12.5. The number of nitrogens with zero attached hydrogens (tertiary/aromatic N) is 1. The van der Waals surface area contributed by atoms with Gasteiger partial charge in [-0.25, -0.2) is 18.1 Å².